The van der Waals surface area contributed by atoms with E-state index in [9.17, 15) is 15.0 Å². The summed E-state index contributed by atoms with van der Waals surface area (Å²) in [5.41, 5.74) is 3.34. The summed E-state index contributed by atoms with van der Waals surface area (Å²) in [6, 6.07) is 7.91. The number of halogens is 1. The molecule has 1 aliphatic heterocycles. The van der Waals surface area contributed by atoms with Crippen LogP contribution in [0.5, 0.6) is 11.5 Å². The molecule has 106 valence electrons. The number of anilines is 1. The number of benzene rings is 2. The van der Waals surface area contributed by atoms with E-state index in [1.54, 1.807) is 6.08 Å². The second kappa shape index (κ2) is 4.93. The van der Waals surface area contributed by atoms with Crippen LogP contribution in [0.1, 0.15) is 16.7 Å². The zero-order valence-electron chi connectivity index (χ0n) is 11.1. The van der Waals surface area contributed by atoms with Crippen LogP contribution in [0.15, 0.2) is 34.8 Å². The molecule has 4 nitrogen and oxygen atoms in total. The minimum atomic E-state index is -0.228. The molecule has 1 aliphatic rings. The van der Waals surface area contributed by atoms with Crippen molar-refractivity contribution in [2.75, 3.05) is 5.32 Å². The van der Waals surface area contributed by atoms with Gasteiger partial charge in [-0.05, 0) is 48.9 Å². The minimum Gasteiger partial charge on any atom is -0.508 e. The van der Waals surface area contributed by atoms with Crippen molar-refractivity contribution in [2.24, 2.45) is 0 Å². The maximum absolute atomic E-state index is 12.2. The SMILES string of the molecule is Cc1c(Br)ccc2c1C(=Cc1cc(O)ccc1O)C(=O)N2. The van der Waals surface area contributed by atoms with Crippen molar-refractivity contribution in [3.8, 4) is 11.5 Å². The van der Waals surface area contributed by atoms with Crippen LogP contribution in [0.2, 0.25) is 0 Å². The fourth-order valence-electron chi connectivity index (χ4n) is 2.39. The van der Waals surface area contributed by atoms with Crippen LogP contribution in [0, 0.1) is 6.92 Å². The topological polar surface area (TPSA) is 69.6 Å². The van der Waals surface area contributed by atoms with Gasteiger partial charge in [0.15, 0.2) is 0 Å². The number of hydrogen-bond donors (Lipinski definition) is 3. The number of phenolic OH excluding ortho intramolecular Hbond substituents is 2. The molecule has 21 heavy (non-hydrogen) atoms. The van der Waals surface area contributed by atoms with Crippen molar-refractivity contribution >= 4 is 39.2 Å². The molecule has 0 saturated carbocycles. The largest absolute Gasteiger partial charge is 0.508 e. The second-order valence-corrected chi connectivity index (χ2v) is 5.70. The molecule has 0 aromatic heterocycles. The molecule has 0 fully saturated rings. The summed E-state index contributed by atoms with van der Waals surface area (Å²) < 4.78 is 0.906. The Labute approximate surface area is 129 Å². The summed E-state index contributed by atoms with van der Waals surface area (Å²) in [7, 11) is 0. The Kier molecular flexibility index (Phi) is 3.22. The standard InChI is InChI=1S/C16H12BrNO3/c1-8-12(17)3-4-13-15(8)11(16(21)18-13)7-9-6-10(19)2-5-14(9)20/h2-7,19-20H,1H3,(H,18,21). The zero-order valence-corrected chi connectivity index (χ0v) is 12.7. The molecule has 0 atom stereocenters. The van der Waals surface area contributed by atoms with Gasteiger partial charge in [0.1, 0.15) is 11.5 Å². The van der Waals surface area contributed by atoms with Gasteiger partial charge in [0.2, 0.25) is 0 Å². The van der Waals surface area contributed by atoms with E-state index in [1.165, 1.54) is 18.2 Å². The maximum Gasteiger partial charge on any atom is 0.256 e. The molecule has 0 spiro atoms. The summed E-state index contributed by atoms with van der Waals surface area (Å²) in [5, 5.41) is 22.2. The number of phenols is 2. The van der Waals surface area contributed by atoms with E-state index in [1.807, 2.05) is 19.1 Å². The second-order valence-electron chi connectivity index (χ2n) is 4.85. The molecular weight excluding hydrogens is 334 g/mol. The predicted molar refractivity (Wildman–Crippen MR) is 85.2 cm³/mol. The van der Waals surface area contributed by atoms with E-state index in [-0.39, 0.29) is 17.4 Å². The smallest absolute Gasteiger partial charge is 0.256 e. The highest BCUT2D eigenvalue weighted by Crippen LogP contribution is 2.39. The van der Waals surface area contributed by atoms with Gasteiger partial charge in [0.25, 0.3) is 5.91 Å². The highest BCUT2D eigenvalue weighted by atomic mass is 79.9. The average molecular weight is 346 g/mol. The lowest BCUT2D eigenvalue weighted by atomic mass is 9.99. The van der Waals surface area contributed by atoms with Crippen LogP contribution in [0.3, 0.4) is 0 Å². The van der Waals surface area contributed by atoms with Gasteiger partial charge in [-0.3, -0.25) is 4.79 Å². The van der Waals surface area contributed by atoms with Crippen molar-refractivity contribution in [3.05, 3.63) is 51.5 Å². The Hall–Kier alpha value is -2.27. The molecule has 0 saturated heterocycles. The predicted octanol–water partition coefficient (Wildman–Crippen LogP) is 3.66. The summed E-state index contributed by atoms with van der Waals surface area (Å²) in [5.74, 6) is -0.188. The summed E-state index contributed by atoms with van der Waals surface area (Å²) in [6.07, 6.45) is 1.58. The Balaban J connectivity index is 2.21. The van der Waals surface area contributed by atoms with Crippen LogP contribution in [0.25, 0.3) is 11.6 Å². The fourth-order valence-corrected chi connectivity index (χ4v) is 2.72. The number of fused-ring (bicyclic) bond motifs is 1. The van der Waals surface area contributed by atoms with Crippen LogP contribution >= 0.6 is 15.9 Å². The van der Waals surface area contributed by atoms with E-state index in [0.29, 0.717) is 11.1 Å². The van der Waals surface area contributed by atoms with Gasteiger partial charge in [-0.15, -0.1) is 0 Å². The fraction of sp³-hybridized carbons (Fsp3) is 0.0625. The lowest BCUT2D eigenvalue weighted by molar-refractivity contribution is -0.110. The third-order valence-corrected chi connectivity index (χ3v) is 4.33. The highest BCUT2D eigenvalue weighted by molar-refractivity contribution is 9.10. The third kappa shape index (κ3) is 2.29. The monoisotopic (exact) mass is 345 g/mol. The van der Waals surface area contributed by atoms with Crippen molar-refractivity contribution in [1.82, 2.24) is 0 Å². The van der Waals surface area contributed by atoms with Gasteiger partial charge in [-0.2, -0.15) is 0 Å². The Morgan fingerprint density at radius 1 is 1.19 bits per heavy atom. The van der Waals surface area contributed by atoms with E-state index in [4.69, 9.17) is 0 Å². The minimum absolute atomic E-state index is 0.00852. The average Bonchev–Trinajstić information content (AvgIpc) is 2.75. The van der Waals surface area contributed by atoms with Crippen LogP contribution in [-0.4, -0.2) is 16.1 Å². The summed E-state index contributed by atoms with van der Waals surface area (Å²) in [6.45, 7) is 1.92. The number of hydrogen-bond acceptors (Lipinski definition) is 3. The molecule has 2 aromatic carbocycles. The molecule has 0 unspecified atom stereocenters. The normalized spacial score (nSPS) is 15.1. The molecular formula is C16H12BrNO3. The molecule has 0 radical (unpaired) electrons. The number of nitrogens with one attached hydrogen (secondary N) is 1. The molecule has 2 aromatic rings. The van der Waals surface area contributed by atoms with Crippen LogP contribution in [-0.2, 0) is 4.79 Å². The highest BCUT2D eigenvalue weighted by Gasteiger charge is 2.26. The maximum atomic E-state index is 12.2. The van der Waals surface area contributed by atoms with Gasteiger partial charge < -0.3 is 15.5 Å². The van der Waals surface area contributed by atoms with E-state index >= 15 is 0 Å². The first-order chi connectivity index (χ1) is 9.97. The number of aromatic hydroxyl groups is 2. The molecule has 3 N–H and O–H groups in total. The van der Waals surface area contributed by atoms with Gasteiger partial charge in [-0.1, -0.05) is 15.9 Å². The Morgan fingerprint density at radius 3 is 2.71 bits per heavy atom. The molecule has 1 heterocycles. The van der Waals surface area contributed by atoms with E-state index < -0.39 is 0 Å². The van der Waals surface area contributed by atoms with Gasteiger partial charge in [0, 0.05) is 21.3 Å². The van der Waals surface area contributed by atoms with Crippen LogP contribution < -0.4 is 5.32 Å². The molecule has 5 heteroatoms. The lowest BCUT2D eigenvalue weighted by Crippen LogP contribution is -2.03. The van der Waals surface area contributed by atoms with E-state index in [0.717, 1.165) is 21.3 Å². The third-order valence-electron chi connectivity index (χ3n) is 3.47. The first kappa shape index (κ1) is 13.7. The summed E-state index contributed by atoms with van der Waals surface area (Å²) >= 11 is 3.45. The number of carbonyl (C=O) groups is 1. The zero-order chi connectivity index (χ0) is 15.1. The Morgan fingerprint density at radius 2 is 1.95 bits per heavy atom. The Bertz CT molecular complexity index is 796. The number of carbonyl (C=O) groups excluding carboxylic acids is 1. The first-order valence-electron chi connectivity index (χ1n) is 6.32. The van der Waals surface area contributed by atoms with E-state index in [2.05, 4.69) is 21.2 Å². The van der Waals surface area contributed by atoms with Crippen molar-refractivity contribution in [2.45, 2.75) is 6.92 Å². The quantitative estimate of drug-likeness (QED) is 0.545. The first-order valence-corrected chi connectivity index (χ1v) is 7.11. The lowest BCUT2D eigenvalue weighted by Gasteiger charge is -2.06. The van der Waals surface area contributed by atoms with Crippen molar-refractivity contribution in [3.63, 3.8) is 0 Å². The van der Waals surface area contributed by atoms with Crippen LogP contribution in [0.4, 0.5) is 5.69 Å². The molecule has 1 amide bonds. The molecule has 0 aliphatic carbocycles. The molecule has 3 rings (SSSR count). The number of rotatable bonds is 1. The summed E-state index contributed by atoms with van der Waals surface area (Å²) in [4.78, 5) is 12.2. The van der Waals surface area contributed by atoms with Gasteiger partial charge in [-0.25, -0.2) is 0 Å². The van der Waals surface area contributed by atoms with Gasteiger partial charge >= 0.3 is 0 Å². The van der Waals surface area contributed by atoms with Crippen molar-refractivity contribution in [1.29, 1.82) is 0 Å². The van der Waals surface area contributed by atoms with Crippen molar-refractivity contribution < 1.29 is 15.0 Å². The number of amides is 1. The molecule has 0 bridgehead atoms. The van der Waals surface area contributed by atoms with Gasteiger partial charge in [0.05, 0.1) is 5.57 Å².